The molecule has 3 heterocycles. The first-order valence-electron chi connectivity index (χ1n) is 9.91. The molecule has 2 aromatic rings. The topological polar surface area (TPSA) is 75.6 Å². The summed E-state index contributed by atoms with van der Waals surface area (Å²) >= 11 is 0. The number of likely N-dealkylation sites (tertiary alicyclic amines) is 2. The third kappa shape index (κ3) is 3.08. The maximum absolute atomic E-state index is 13.1. The molecule has 148 valence electrons. The van der Waals surface area contributed by atoms with Gasteiger partial charge in [0.15, 0.2) is 0 Å². The number of likely N-dealkylation sites (N-methyl/N-ethyl adjacent to an activating group) is 1. The molecule has 2 saturated heterocycles. The Kier molecular flexibility index (Phi) is 4.91. The number of aryl methyl sites for hydroxylation is 1. The van der Waals surface area contributed by atoms with Crippen molar-refractivity contribution in [3.05, 3.63) is 30.0 Å². The van der Waals surface area contributed by atoms with Crippen LogP contribution in [0.15, 0.2) is 24.3 Å². The molecule has 1 spiro atoms. The Morgan fingerprint density at radius 3 is 2.54 bits per heavy atom. The van der Waals surface area contributed by atoms with E-state index in [2.05, 4.69) is 9.97 Å². The third-order valence-corrected chi connectivity index (χ3v) is 5.99. The van der Waals surface area contributed by atoms with Crippen molar-refractivity contribution in [2.24, 2.45) is 0 Å². The summed E-state index contributed by atoms with van der Waals surface area (Å²) in [5, 5.41) is 0. The van der Waals surface area contributed by atoms with Crippen LogP contribution in [0.1, 0.15) is 37.8 Å². The molecule has 7 heteroatoms. The zero-order valence-corrected chi connectivity index (χ0v) is 16.5. The molecule has 0 N–H and O–H groups in total. The average molecular weight is 382 g/mol. The third-order valence-electron chi connectivity index (χ3n) is 5.99. The number of hydrogen-bond donors (Lipinski definition) is 0. The standard InChI is InChI=1S/C21H26N4O3/c1-24-13-5-11-21(20(24)27)12-6-14-25(21)18(26)10-9-17-19(28-2)23-16-8-4-3-7-15(16)22-17/h3-4,7-8H,5-6,9-14H2,1-2H3. The second-order valence-electron chi connectivity index (χ2n) is 7.68. The number of benzene rings is 1. The number of hydrogen-bond acceptors (Lipinski definition) is 5. The van der Waals surface area contributed by atoms with Gasteiger partial charge in [-0.2, -0.15) is 0 Å². The van der Waals surface area contributed by atoms with Gasteiger partial charge in [-0.25, -0.2) is 9.97 Å². The summed E-state index contributed by atoms with van der Waals surface area (Å²) < 4.78 is 5.39. The molecule has 0 bridgehead atoms. The summed E-state index contributed by atoms with van der Waals surface area (Å²) in [6.45, 7) is 1.42. The summed E-state index contributed by atoms with van der Waals surface area (Å²) in [7, 11) is 3.40. The summed E-state index contributed by atoms with van der Waals surface area (Å²) in [6, 6.07) is 7.61. The van der Waals surface area contributed by atoms with Crippen LogP contribution in [0.4, 0.5) is 0 Å². The van der Waals surface area contributed by atoms with E-state index in [1.807, 2.05) is 36.2 Å². The van der Waals surface area contributed by atoms with Crippen LogP contribution in [0, 0.1) is 0 Å². The van der Waals surface area contributed by atoms with Crippen molar-refractivity contribution in [2.45, 2.75) is 44.1 Å². The SMILES string of the molecule is COc1nc2ccccc2nc1CCC(=O)N1CCCC12CCCN(C)C2=O. The van der Waals surface area contributed by atoms with Gasteiger partial charge in [-0.1, -0.05) is 12.1 Å². The maximum atomic E-state index is 13.1. The lowest BCUT2D eigenvalue weighted by atomic mass is 9.85. The normalized spacial score (nSPS) is 22.3. The number of rotatable bonds is 4. The van der Waals surface area contributed by atoms with E-state index in [1.54, 1.807) is 12.0 Å². The Balaban J connectivity index is 1.53. The van der Waals surface area contributed by atoms with Gasteiger partial charge in [-0.15, -0.1) is 0 Å². The van der Waals surface area contributed by atoms with Crippen LogP contribution in [0.2, 0.25) is 0 Å². The van der Waals surface area contributed by atoms with Gasteiger partial charge in [-0.05, 0) is 37.8 Å². The lowest BCUT2D eigenvalue weighted by Crippen LogP contribution is -2.60. The molecule has 0 aliphatic carbocycles. The van der Waals surface area contributed by atoms with Crippen LogP contribution in [0.25, 0.3) is 11.0 Å². The molecule has 2 fully saturated rings. The predicted octanol–water partition coefficient (Wildman–Crippen LogP) is 2.18. The first kappa shape index (κ1) is 18.7. The van der Waals surface area contributed by atoms with Gasteiger partial charge in [0.05, 0.1) is 18.1 Å². The minimum absolute atomic E-state index is 0.0122. The molecule has 4 rings (SSSR count). The Morgan fingerprint density at radius 1 is 1.14 bits per heavy atom. The highest BCUT2D eigenvalue weighted by Crippen LogP contribution is 2.38. The fourth-order valence-electron chi connectivity index (χ4n) is 4.60. The van der Waals surface area contributed by atoms with E-state index in [4.69, 9.17) is 4.74 Å². The minimum Gasteiger partial charge on any atom is -0.480 e. The molecule has 7 nitrogen and oxygen atoms in total. The molecular formula is C21H26N4O3. The monoisotopic (exact) mass is 382 g/mol. The largest absolute Gasteiger partial charge is 0.480 e. The lowest BCUT2D eigenvalue weighted by Gasteiger charge is -2.43. The highest BCUT2D eigenvalue weighted by molar-refractivity contribution is 5.92. The van der Waals surface area contributed by atoms with Crippen LogP contribution in [0.3, 0.4) is 0 Å². The quantitative estimate of drug-likeness (QED) is 0.810. The Labute approximate surface area is 164 Å². The van der Waals surface area contributed by atoms with E-state index >= 15 is 0 Å². The lowest BCUT2D eigenvalue weighted by molar-refractivity contribution is -0.154. The van der Waals surface area contributed by atoms with E-state index in [1.165, 1.54) is 0 Å². The number of piperidine rings is 1. The number of ether oxygens (including phenoxy) is 1. The van der Waals surface area contributed by atoms with Gasteiger partial charge >= 0.3 is 0 Å². The molecule has 2 amide bonds. The first-order chi connectivity index (χ1) is 13.5. The minimum atomic E-state index is -0.636. The average Bonchev–Trinajstić information content (AvgIpc) is 3.14. The van der Waals surface area contributed by atoms with Crippen molar-refractivity contribution in [1.82, 2.24) is 19.8 Å². The van der Waals surface area contributed by atoms with Gasteiger partial charge in [-0.3, -0.25) is 9.59 Å². The number of methoxy groups -OCH3 is 1. The zero-order chi connectivity index (χ0) is 19.7. The van der Waals surface area contributed by atoms with Gasteiger partial charge in [0, 0.05) is 33.0 Å². The molecule has 1 atom stereocenters. The van der Waals surface area contributed by atoms with Crippen LogP contribution < -0.4 is 4.74 Å². The molecule has 1 aromatic heterocycles. The molecule has 0 radical (unpaired) electrons. The summed E-state index contributed by atoms with van der Waals surface area (Å²) in [5.41, 5.74) is 1.59. The van der Waals surface area contributed by atoms with Crippen LogP contribution >= 0.6 is 0 Å². The highest BCUT2D eigenvalue weighted by Gasteiger charge is 2.51. The molecule has 1 aromatic carbocycles. The second kappa shape index (κ2) is 7.37. The van der Waals surface area contributed by atoms with Crippen LogP contribution in [-0.4, -0.2) is 64.4 Å². The maximum Gasteiger partial charge on any atom is 0.248 e. The van der Waals surface area contributed by atoms with Crippen molar-refractivity contribution in [1.29, 1.82) is 0 Å². The molecule has 28 heavy (non-hydrogen) atoms. The number of fused-ring (bicyclic) bond motifs is 1. The van der Waals surface area contributed by atoms with Crippen LogP contribution in [0.5, 0.6) is 5.88 Å². The van der Waals surface area contributed by atoms with E-state index in [9.17, 15) is 9.59 Å². The molecule has 0 saturated carbocycles. The number of para-hydroxylation sites is 2. The predicted molar refractivity (Wildman–Crippen MR) is 105 cm³/mol. The van der Waals surface area contributed by atoms with E-state index in [-0.39, 0.29) is 11.8 Å². The highest BCUT2D eigenvalue weighted by atomic mass is 16.5. The van der Waals surface area contributed by atoms with Crippen molar-refractivity contribution < 1.29 is 14.3 Å². The molecule has 2 aliphatic rings. The summed E-state index contributed by atoms with van der Waals surface area (Å²) in [5.74, 6) is 0.557. The van der Waals surface area contributed by atoms with Crippen molar-refractivity contribution in [3.8, 4) is 5.88 Å². The Bertz CT molecular complexity index is 916. The smallest absolute Gasteiger partial charge is 0.248 e. The first-order valence-corrected chi connectivity index (χ1v) is 9.91. The fourth-order valence-corrected chi connectivity index (χ4v) is 4.60. The van der Waals surface area contributed by atoms with Gasteiger partial charge in [0.1, 0.15) is 11.2 Å². The van der Waals surface area contributed by atoms with E-state index in [0.29, 0.717) is 31.0 Å². The molecule has 2 aliphatic heterocycles. The van der Waals surface area contributed by atoms with Crippen molar-refractivity contribution >= 4 is 22.8 Å². The molecule has 1 unspecified atom stereocenters. The van der Waals surface area contributed by atoms with Gasteiger partial charge in [0.25, 0.3) is 0 Å². The van der Waals surface area contributed by atoms with Gasteiger partial charge in [0.2, 0.25) is 17.7 Å². The van der Waals surface area contributed by atoms with Crippen LogP contribution in [-0.2, 0) is 16.0 Å². The fraction of sp³-hybridized carbons (Fsp3) is 0.524. The van der Waals surface area contributed by atoms with Gasteiger partial charge < -0.3 is 14.5 Å². The number of carbonyl (C=O) groups excluding carboxylic acids is 2. The van der Waals surface area contributed by atoms with Crippen molar-refractivity contribution in [2.75, 3.05) is 27.2 Å². The Morgan fingerprint density at radius 2 is 1.82 bits per heavy atom. The van der Waals surface area contributed by atoms with E-state index < -0.39 is 5.54 Å². The number of aromatic nitrogens is 2. The Hall–Kier alpha value is -2.70. The number of amides is 2. The van der Waals surface area contributed by atoms with E-state index in [0.717, 1.165) is 43.3 Å². The number of nitrogens with zero attached hydrogens (tertiary/aromatic N) is 4. The summed E-state index contributed by atoms with van der Waals surface area (Å²) in [4.78, 5) is 38.7. The second-order valence-corrected chi connectivity index (χ2v) is 7.68. The molecular weight excluding hydrogens is 356 g/mol. The summed E-state index contributed by atoms with van der Waals surface area (Å²) in [6.07, 6.45) is 4.08. The zero-order valence-electron chi connectivity index (χ0n) is 16.5. The van der Waals surface area contributed by atoms with Crippen molar-refractivity contribution in [3.63, 3.8) is 0 Å². The number of carbonyl (C=O) groups is 2.